The number of amides is 2. The number of aryl methyl sites for hydroxylation is 1. The highest BCUT2D eigenvalue weighted by Crippen LogP contribution is 2.35. The number of anilines is 1. The van der Waals surface area contributed by atoms with E-state index in [2.05, 4.69) is 0 Å². The van der Waals surface area contributed by atoms with Gasteiger partial charge in [-0.2, -0.15) is 0 Å². The first-order valence-corrected chi connectivity index (χ1v) is 7.17. The van der Waals surface area contributed by atoms with Gasteiger partial charge in [0, 0.05) is 23.0 Å². The second kappa shape index (κ2) is 5.25. The Morgan fingerprint density at radius 3 is 2.63 bits per heavy atom. The van der Waals surface area contributed by atoms with Crippen LogP contribution in [0.1, 0.15) is 25.8 Å². The Bertz CT molecular complexity index is 528. The lowest BCUT2D eigenvalue weighted by atomic mass is 10.2. The largest absolute Gasteiger partial charge is 0.398 e. The summed E-state index contributed by atoms with van der Waals surface area (Å²) in [5.74, 6) is -0.199. The third-order valence-electron chi connectivity index (χ3n) is 3.10. The van der Waals surface area contributed by atoms with Gasteiger partial charge in [-0.15, -0.1) is 11.8 Å². The molecule has 0 spiro atoms. The molecule has 1 aromatic carbocycles. The van der Waals surface area contributed by atoms with Crippen LogP contribution in [0, 0.1) is 6.92 Å². The number of thioether (sulfide) groups is 1. The Hall–Kier alpha value is -1.49. The lowest BCUT2D eigenvalue weighted by molar-refractivity contribution is -0.140. The molecule has 1 heterocycles. The number of benzene rings is 1. The van der Waals surface area contributed by atoms with Crippen molar-refractivity contribution >= 4 is 29.3 Å². The van der Waals surface area contributed by atoms with Crippen LogP contribution in [0.2, 0.25) is 0 Å². The van der Waals surface area contributed by atoms with Gasteiger partial charge in [0.25, 0.3) is 0 Å². The molecule has 0 saturated carbocycles. The van der Waals surface area contributed by atoms with Crippen LogP contribution in [0.15, 0.2) is 23.1 Å². The molecule has 1 atom stereocenters. The molecule has 2 rings (SSSR count). The monoisotopic (exact) mass is 278 g/mol. The Labute approximate surface area is 117 Å². The zero-order valence-electron chi connectivity index (χ0n) is 11.3. The zero-order chi connectivity index (χ0) is 14.2. The molecule has 2 N–H and O–H groups in total. The average molecular weight is 278 g/mol. The summed E-state index contributed by atoms with van der Waals surface area (Å²) in [4.78, 5) is 26.3. The maximum absolute atomic E-state index is 12.2. The van der Waals surface area contributed by atoms with Crippen molar-refractivity contribution in [1.29, 1.82) is 0 Å². The van der Waals surface area contributed by atoms with Crippen LogP contribution in [0.5, 0.6) is 0 Å². The summed E-state index contributed by atoms with van der Waals surface area (Å²) in [5, 5.41) is -0.348. The minimum atomic E-state index is -0.348. The standard InChI is InChI=1S/C14H18N2O2S/c1-8(2)16-13(17)7-12(14(16)18)19-11-6-9(3)4-5-10(11)15/h4-6,8,12H,7,15H2,1-3H3. The maximum atomic E-state index is 12.2. The minimum absolute atomic E-state index is 0.0829. The molecule has 4 nitrogen and oxygen atoms in total. The molecule has 0 radical (unpaired) electrons. The number of imide groups is 1. The first-order valence-electron chi connectivity index (χ1n) is 6.29. The summed E-state index contributed by atoms with van der Waals surface area (Å²) in [6.45, 7) is 5.68. The summed E-state index contributed by atoms with van der Waals surface area (Å²) >= 11 is 1.39. The number of hydrogen-bond acceptors (Lipinski definition) is 4. The lowest BCUT2D eigenvalue weighted by Gasteiger charge is -2.19. The first kappa shape index (κ1) is 13.9. The van der Waals surface area contributed by atoms with Gasteiger partial charge in [0.05, 0.1) is 5.25 Å². The van der Waals surface area contributed by atoms with Crippen molar-refractivity contribution in [2.75, 3.05) is 5.73 Å². The molecule has 0 aromatic heterocycles. The normalized spacial score (nSPS) is 19.6. The van der Waals surface area contributed by atoms with E-state index in [-0.39, 0.29) is 29.5 Å². The highest BCUT2D eigenvalue weighted by Gasteiger charge is 2.40. The molecular weight excluding hydrogens is 260 g/mol. The van der Waals surface area contributed by atoms with Crippen molar-refractivity contribution in [3.8, 4) is 0 Å². The van der Waals surface area contributed by atoms with Crippen molar-refractivity contribution < 1.29 is 9.59 Å². The quantitative estimate of drug-likeness (QED) is 0.680. The molecule has 1 saturated heterocycles. The molecule has 1 aromatic rings. The van der Waals surface area contributed by atoms with E-state index < -0.39 is 0 Å². The number of likely N-dealkylation sites (tertiary alicyclic amines) is 1. The predicted molar refractivity (Wildman–Crippen MR) is 76.8 cm³/mol. The van der Waals surface area contributed by atoms with Crippen LogP contribution in [0.4, 0.5) is 5.69 Å². The third kappa shape index (κ3) is 2.76. The van der Waals surface area contributed by atoms with Crippen LogP contribution in [-0.4, -0.2) is 28.0 Å². The number of hydrogen-bond donors (Lipinski definition) is 1. The van der Waals surface area contributed by atoms with Gasteiger partial charge in [0.15, 0.2) is 0 Å². The van der Waals surface area contributed by atoms with Gasteiger partial charge in [-0.05, 0) is 38.5 Å². The number of nitrogens with zero attached hydrogens (tertiary/aromatic N) is 1. The highest BCUT2D eigenvalue weighted by molar-refractivity contribution is 8.00. The van der Waals surface area contributed by atoms with E-state index in [0.29, 0.717) is 5.69 Å². The van der Waals surface area contributed by atoms with Crippen LogP contribution >= 0.6 is 11.8 Å². The predicted octanol–water partition coefficient (Wildman–Crippen LogP) is 2.21. The van der Waals surface area contributed by atoms with E-state index in [1.165, 1.54) is 16.7 Å². The number of nitrogens with two attached hydrogens (primary N) is 1. The topological polar surface area (TPSA) is 63.4 Å². The van der Waals surface area contributed by atoms with E-state index in [9.17, 15) is 9.59 Å². The Morgan fingerprint density at radius 2 is 2.05 bits per heavy atom. The fourth-order valence-electron chi connectivity index (χ4n) is 2.15. The van der Waals surface area contributed by atoms with E-state index in [0.717, 1.165) is 10.5 Å². The molecule has 19 heavy (non-hydrogen) atoms. The van der Waals surface area contributed by atoms with Gasteiger partial charge >= 0.3 is 0 Å². The Kier molecular flexibility index (Phi) is 3.85. The second-order valence-electron chi connectivity index (χ2n) is 5.05. The van der Waals surface area contributed by atoms with Crippen LogP contribution < -0.4 is 5.73 Å². The number of rotatable bonds is 3. The Balaban J connectivity index is 2.19. The van der Waals surface area contributed by atoms with Crippen molar-refractivity contribution in [2.24, 2.45) is 0 Å². The van der Waals surface area contributed by atoms with E-state index in [1.54, 1.807) is 0 Å². The molecule has 1 aliphatic heterocycles. The fraction of sp³-hybridized carbons (Fsp3) is 0.429. The summed E-state index contributed by atoms with van der Waals surface area (Å²) in [7, 11) is 0. The number of carbonyl (C=O) groups excluding carboxylic acids is 2. The molecule has 102 valence electrons. The molecule has 1 aliphatic rings. The van der Waals surface area contributed by atoms with Crippen molar-refractivity contribution in [3.63, 3.8) is 0 Å². The highest BCUT2D eigenvalue weighted by atomic mass is 32.2. The van der Waals surface area contributed by atoms with Crippen LogP contribution in [0.25, 0.3) is 0 Å². The van der Waals surface area contributed by atoms with Gasteiger partial charge < -0.3 is 5.73 Å². The van der Waals surface area contributed by atoms with Crippen LogP contribution in [0.3, 0.4) is 0 Å². The second-order valence-corrected chi connectivity index (χ2v) is 6.29. The van der Waals surface area contributed by atoms with E-state index in [1.807, 2.05) is 39.0 Å². The maximum Gasteiger partial charge on any atom is 0.243 e. The molecule has 2 amide bonds. The molecule has 5 heteroatoms. The SMILES string of the molecule is Cc1ccc(N)c(SC2CC(=O)N(C(C)C)C2=O)c1. The van der Waals surface area contributed by atoms with E-state index >= 15 is 0 Å². The zero-order valence-corrected chi connectivity index (χ0v) is 12.2. The lowest BCUT2D eigenvalue weighted by Crippen LogP contribution is -2.37. The average Bonchev–Trinajstić information content (AvgIpc) is 2.59. The summed E-state index contributed by atoms with van der Waals surface area (Å²) in [6, 6.07) is 5.64. The third-order valence-corrected chi connectivity index (χ3v) is 4.36. The van der Waals surface area contributed by atoms with Gasteiger partial charge in [-0.25, -0.2) is 0 Å². The molecule has 0 aliphatic carbocycles. The smallest absolute Gasteiger partial charge is 0.243 e. The van der Waals surface area contributed by atoms with Gasteiger partial charge in [0.1, 0.15) is 0 Å². The van der Waals surface area contributed by atoms with Crippen molar-refractivity contribution in [1.82, 2.24) is 4.90 Å². The molecular formula is C14H18N2O2S. The van der Waals surface area contributed by atoms with Crippen molar-refractivity contribution in [2.45, 2.75) is 43.4 Å². The first-order chi connectivity index (χ1) is 8.90. The summed E-state index contributed by atoms with van der Waals surface area (Å²) in [6.07, 6.45) is 0.259. The van der Waals surface area contributed by atoms with Gasteiger partial charge in [-0.3, -0.25) is 14.5 Å². The number of nitrogen functional groups attached to an aromatic ring is 1. The minimum Gasteiger partial charge on any atom is -0.398 e. The molecule has 1 fully saturated rings. The Morgan fingerprint density at radius 1 is 1.37 bits per heavy atom. The van der Waals surface area contributed by atoms with Gasteiger partial charge in [0.2, 0.25) is 11.8 Å². The molecule has 1 unspecified atom stereocenters. The summed E-state index contributed by atoms with van der Waals surface area (Å²) < 4.78 is 0. The van der Waals surface area contributed by atoms with Crippen molar-refractivity contribution in [3.05, 3.63) is 23.8 Å². The van der Waals surface area contributed by atoms with E-state index in [4.69, 9.17) is 5.73 Å². The number of carbonyl (C=O) groups is 2. The summed E-state index contributed by atoms with van der Waals surface area (Å²) in [5.41, 5.74) is 7.65. The van der Waals surface area contributed by atoms with Gasteiger partial charge in [-0.1, -0.05) is 6.07 Å². The van der Waals surface area contributed by atoms with Crippen LogP contribution in [-0.2, 0) is 9.59 Å². The molecule has 0 bridgehead atoms. The fourth-order valence-corrected chi connectivity index (χ4v) is 3.36.